The van der Waals surface area contributed by atoms with Crippen LogP contribution in [0.25, 0.3) is 5.69 Å². The molecule has 1 saturated carbocycles. The quantitative estimate of drug-likeness (QED) is 0.535. The topological polar surface area (TPSA) is 71.3 Å². The van der Waals surface area contributed by atoms with E-state index in [1.807, 2.05) is 18.2 Å². The second kappa shape index (κ2) is 8.24. The molecule has 3 aromatic rings. The maximum Gasteiger partial charge on any atom is 0.213 e. The number of benzene rings is 1. The normalized spacial score (nSPS) is 24.0. The number of rotatable bonds is 3. The van der Waals surface area contributed by atoms with Gasteiger partial charge in [-0.25, -0.2) is 4.98 Å². The molecule has 2 aromatic heterocycles. The first-order valence-corrected chi connectivity index (χ1v) is 12.1. The summed E-state index contributed by atoms with van der Waals surface area (Å²) in [5.41, 5.74) is 2.32. The van der Waals surface area contributed by atoms with Gasteiger partial charge in [0, 0.05) is 29.1 Å². The fourth-order valence-electron chi connectivity index (χ4n) is 5.21. The smallest absolute Gasteiger partial charge is 0.213 e. The highest BCUT2D eigenvalue weighted by atomic mass is 79.9. The fourth-order valence-corrected chi connectivity index (χ4v) is 5.62. The second-order valence-electron chi connectivity index (χ2n) is 8.80. The van der Waals surface area contributed by atoms with E-state index >= 15 is 0 Å². The minimum atomic E-state index is -0.651. The molecule has 4 heterocycles. The Kier molecular flexibility index (Phi) is 5.24. The van der Waals surface area contributed by atoms with Crippen LogP contribution in [0.5, 0.6) is 5.88 Å². The molecule has 6 rings (SSSR count). The van der Waals surface area contributed by atoms with Gasteiger partial charge in [-0.15, -0.1) is 10.2 Å². The predicted molar refractivity (Wildman–Crippen MR) is 121 cm³/mol. The lowest BCUT2D eigenvalue weighted by molar-refractivity contribution is -0.155. The van der Waals surface area contributed by atoms with Crippen molar-refractivity contribution in [3.8, 4) is 11.6 Å². The summed E-state index contributed by atoms with van der Waals surface area (Å²) in [6, 6.07) is 12.2. The molecule has 3 aliphatic rings. The van der Waals surface area contributed by atoms with Gasteiger partial charge < -0.3 is 14.2 Å². The van der Waals surface area contributed by atoms with Crippen LogP contribution in [0.4, 0.5) is 0 Å². The minimum Gasteiger partial charge on any atom is -0.474 e. The van der Waals surface area contributed by atoms with E-state index in [1.54, 1.807) is 6.20 Å². The summed E-state index contributed by atoms with van der Waals surface area (Å²) in [7, 11) is 0. The number of halogens is 1. The van der Waals surface area contributed by atoms with Crippen LogP contribution in [0.2, 0.25) is 0 Å². The van der Waals surface area contributed by atoms with E-state index in [-0.39, 0.29) is 6.10 Å². The first kappa shape index (κ1) is 20.3. The van der Waals surface area contributed by atoms with Crippen LogP contribution in [0.15, 0.2) is 47.1 Å². The summed E-state index contributed by atoms with van der Waals surface area (Å²) in [4.78, 5) is 4.30. The molecule has 8 heteroatoms. The molecule has 1 spiro atoms. The number of pyridine rings is 1. The Bertz CT molecular complexity index is 1110. The number of nitrogens with zero attached hydrogens (tertiary/aromatic N) is 4. The van der Waals surface area contributed by atoms with Gasteiger partial charge in [0.15, 0.2) is 5.79 Å². The summed E-state index contributed by atoms with van der Waals surface area (Å²) in [6.07, 6.45) is 7.25. The average molecular weight is 497 g/mol. The Morgan fingerprint density at radius 2 is 1.84 bits per heavy atom. The first-order chi connectivity index (χ1) is 15.7. The van der Waals surface area contributed by atoms with Crippen LogP contribution < -0.4 is 4.74 Å². The third-order valence-electron chi connectivity index (χ3n) is 6.70. The Balaban J connectivity index is 1.28. The van der Waals surface area contributed by atoms with Crippen molar-refractivity contribution >= 4 is 15.9 Å². The molecule has 0 N–H and O–H groups in total. The summed E-state index contributed by atoms with van der Waals surface area (Å²) < 4.78 is 21.6. The molecule has 1 aliphatic carbocycles. The highest BCUT2D eigenvalue weighted by Crippen LogP contribution is 2.40. The summed E-state index contributed by atoms with van der Waals surface area (Å²) >= 11 is 3.63. The number of hydrogen-bond acceptors (Lipinski definition) is 6. The zero-order chi connectivity index (χ0) is 21.5. The van der Waals surface area contributed by atoms with Crippen LogP contribution in [-0.2, 0) is 22.3 Å². The molecular weight excluding hydrogens is 472 g/mol. The molecule has 0 bridgehead atoms. The van der Waals surface area contributed by atoms with E-state index in [2.05, 4.69) is 53.9 Å². The van der Waals surface area contributed by atoms with E-state index in [1.165, 1.54) is 5.56 Å². The highest BCUT2D eigenvalue weighted by Gasteiger charge is 2.42. The lowest BCUT2D eigenvalue weighted by Crippen LogP contribution is -2.35. The molecule has 0 radical (unpaired) electrons. The molecule has 166 valence electrons. The third-order valence-corrected chi connectivity index (χ3v) is 7.20. The maximum atomic E-state index is 6.10. The Morgan fingerprint density at radius 1 is 1.00 bits per heavy atom. The van der Waals surface area contributed by atoms with Gasteiger partial charge in [0.05, 0.1) is 25.3 Å². The van der Waals surface area contributed by atoms with Gasteiger partial charge in [-0.2, -0.15) is 0 Å². The molecule has 2 aliphatic heterocycles. The molecular formula is C24H25BrN4O3. The molecule has 0 unspecified atom stereocenters. The molecule has 0 amide bonds. The van der Waals surface area contributed by atoms with Gasteiger partial charge in [-0.05, 0) is 55.5 Å². The van der Waals surface area contributed by atoms with Gasteiger partial charge in [0.25, 0.3) is 0 Å². The van der Waals surface area contributed by atoms with Gasteiger partial charge in [-0.1, -0.05) is 22.0 Å². The minimum absolute atomic E-state index is 0.194. The zero-order valence-corrected chi connectivity index (χ0v) is 19.3. The van der Waals surface area contributed by atoms with Crippen LogP contribution in [0.1, 0.15) is 48.8 Å². The molecule has 1 saturated heterocycles. The molecule has 2 fully saturated rings. The zero-order valence-electron chi connectivity index (χ0n) is 17.7. The van der Waals surface area contributed by atoms with Crippen molar-refractivity contribution in [2.45, 2.75) is 56.3 Å². The van der Waals surface area contributed by atoms with Crippen molar-refractivity contribution in [2.24, 2.45) is 0 Å². The standard InChI is InChI=1S/C24H25BrN4O3/c25-18-6-9-20-17(13-18)14-24(30-11-12-31-24)15-21-27-28-23(29(20)21)16-4-7-19(8-5-16)32-22-3-1-2-10-26-22/h1-3,6,9-10,13,16,19H,4-5,7-8,11-12,14-15H2/t16-,19-. The number of ether oxygens (including phenoxy) is 3. The lowest BCUT2D eigenvalue weighted by atomic mass is 9.86. The van der Waals surface area contributed by atoms with Gasteiger partial charge in [0.1, 0.15) is 17.8 Å². The fraction of sp³-hybridized carbons (Fsp3) is 0.458. The van der Waals surface area contributed by atoms with Crippen molar-refractivity contribution in [1.82, 2.24) is 19.7 Å². The van der Waals surface area contributed by atoms with Crippen LogP contribution in [0, 0.1) is 0 Å². The van der Waals surface area contributed by atoms with Crippen LogP contribution in [-0.4, -0.2) is 44.9 Å². The van der Waals surface area contributed by atoms with Gasteiger partial charge in [0.2, 0.25) is 5.88 Å². The number of aromatic nitrogens is 4. The maximum absolute atomic E-state index is 6.10. The Hall–Kier alpha value is -2.29. The Morgan fingerprint density at radius 3 is 2.62 bits per heavy atom. The van der Waals surface area contributed by atoms with E-state index < -0.39 is 5.79 Å². The molecule has 0 atom stereocenters. The van der Waals surface area contributed by atoms with Crippen molar-refractivity contribution in [1.29, 1.82) is 0 Å². The van der Waals surface area contributed by atoms with Crippen LogP contribution >= 0.6 is 15.9 Å². The molecule has 32 heavy (non-hydrogen) atoms. The number of hydrogen-bond donors (Lipinski definition) is 0. The highest BCUT2D eigenvalue weighted by molar-refractivity contribution is 9.10. The first-order valence-electron chi connectivity index (χ1n) is 11.3. The molecule has 1 aromatic carbocycles. The predicted octanol–water partition coefficient (Wildman–Crippen LogP) is 4.37. The largest absolute Gasteiger partial charge is 0.474 e. The van der Waals surface area contributed by atoms with Crippen molar-refractivity contribution in [3.63, 3.8) is 0 Å². The van der Waals surface area contributed by atoms with E-state index in [0.29, 0.717) is 37.9 Å². The van der Waals surface area contributed by atoms with E-state index in [9.17, 15) is 0 Å². The third kappa shape index (κ3) is 3.74. The van der Waals surface area contributed by atoms with E-state index in [4.69, 9.17) is 14.2 Å². The van der Waals surface area contributed by atoms with Gasteiger partial charge in [-0.3, -0.25) is 4.57 Å². The molecule has 7 nitrogen and oxygen atoms in total. The van der Waals surface area contributed by atoms with Crippen LogP contribution in [0.3, 0.4) is 0 Å². The Labute approximate surface area is 195 Å². The van der Waals surface area contributed by atoms with Crippen molar-refractivity contribution < 1.29 is 14.2 Å². The second-order valence-corrected chi connectivity index (χ2v) is 9.72. The van der Waals surface area contributed by atoms with Gasteiger partial charge >= 0.3 is 0 Å². The SMILES string of the molecule is Brc1ccc2c(c1)CC1(Cc3nnc([C@H]4CC[C@H](Oc5ccccn5)CC4)n3-2)OCCO1. The number of fused-ring (bicyclic) bond motifs is 3. The monoisotopic (exact) mass is 496 g/mol. The van der Waals surface area contributed by atoms with Crippen molar-refractivity contribution in [2.75, 3.05) is 13.2 Å². The summed E-state index contributed by atoms with van der Waals surface area (Å²) in [5, 5.41) is 9.30. The summed E-state index contributed by atoms with van der Waals surface area (Å²) in [5.74, 6) is 2.34. The van der Waals surface area contributed by atoms with Crippen molar-refractivity contribution in [3.05, 3.63) is 64.3 Å². The summed E-state index contributed by atoms with van der Waals surface area (Å²) in [6.45, 7) is 1.23. The van der Waals surface area contributed by atoms with E-state index in [0.717, 1.165) is 47.5 Å². The average Bonchev–Trinajstić information content (AvgIpc) is 3.40. The lowest BCUT2D eigenvalue weighted by Gasteiger charge is -2.28.